The van der Waals surface area contributed by atoms with Crippen LogP contribution in [-0.4, -0.2) is 29.7 Å². The number of nitrogens with zero attached hydrogens (tertiary/aromatic N) is 2. The van der Waals surface area contributed by atoms with Crippen LogP contribution in [0.25, 0.3) is 16.6 Å². The lowest BCUT2D eigenvalue weighted by Crippen LogP contribution is -2.09. The number of carbonyl (C=O) groups is 1. The van der Waals surface area contributed by atoms with Crippen molar-refractivity contribution in [1.82, 2.24) is 9.78 Å². The summed E-state index contributed by atoms with van der Waals surface area (Å²) in [5.74, 6) is 0.432. The maximum Gasteiger partial charge on any atom is 0.344 e. The van der Waals surface area contributed by atoms with Gasteiger partial charge in [-0.15, -0.1) is 0 Å². The predicted molar refractivity (Wildman–Crippen MR) is 78.5 cm³/mol. The van der Waals surface area contributed by atoms with E-state index in [0.29, 0.717) is 22.7 Å². The first-order chi connectivity index (χ1) is 10.8. The summed E-state index contributed by atoms with van der Waals surface area (Å²) < 4.78 is 17.3. The van der Waals surface area contributed by atoms with Crippen LogP contribution < -0.4 is 9.47 Å². The van der Waals surface area contributed by atoms with Crippen molar-refractivity contribution < 1.29 is 19.0 Å². The first-order valence-electron chi connectivity index (χ1n) is 6.73. The number of fused-ring (bicyclic) bond motifs is 2. The number of methoxy groups -OCH3 is 1. The van der Waals surface area contributed by atoms with Crippen molar-refractivity contribution in [3.63, 3.8) is 0 Å². The fraction of sp³-hybridized carbons (Fsp3) is 0.125. The molecule has 6 heteroatoms. The van der Waals surface area contributed by atoms with E-state index in [4.69, 9.17) is 14.2 Å². The molecular formula is C16H12N2O4. The summed E-state index contributed by atoms with van der Waals surface area (Å²) in [4.78, 5) is 12.2. The molecule has 0 N–H and O–H groups in total. The van der Waals surface area contributed by atoms with Gasteiger partial charge in [0.25, 0.3) is 0 Å². The highest BCUT2D eigenvalue weighted by molar-refractivity contribution is 5.98. The number of hydrogen-bond acceptors (Lipinski definition) is 5. The molecule has 3 aromatic rings. The van der Waals surface area contributed by atoms with E-state index in [9.17, 15) is 4.79 Å². The van der Waals surface area contributed by atoms with Crippen LogP contribution in [0.1, 0.15) is 10.4 Å². The molecule has 0 bridgehead atoms. The molecule has 1 aromatic heterocycles. The zero-order valence-electron chi connectivity index (χ0n) is 11.8. The van der Waals surface area contributed by atoms with Crippen LogP contribution >= 0.6 is 0 Å². The summed E-state index contributed by atoms with van der Waals surface area (Å²) in [5, 5.41) is 5.48. The van der Waals surface area contributed by atoms with Gasteiger partial charge >= 0.3 is 5.97 Å². The van der Waals surface area contributed by atoms with Crippen molar-refractivity contribution in [3.05, 3.63) is 48.2 Å². The zero-order chi connectivity index (χ0) is 15.1. The normalized spacial score (nSPS) is 12.6. The average Bonchev–Trinajstić information content (AvgIpc) is 3.18. The van der Waals surface area contributed by atoms with E-state index in [1.807, 2.05) is 30.5 Å². The van der Waals surface area contributed by atoms with Gasteiger partial charge in [0.05, 0.1) is 18.3 Å². The molecule has 0 spiro atoms. The number of benzene rings is 2. The molecule has 0 saturated heterocycles. The number of carbonyl (C=O) groups excluding carboxylic acids is 1. The number of ether oxygens (including phenoxy) is 3. The maximum absolute atomic E-state index is 12.2. The van der Waals surface area contributed by atoms with E-state index < -0.39 is 5.97 Å². The Morgan fingerprint density at radius 3 is 2.91 bits per heavy atom. The third-order valence-electron chi connectivity index (χ3n) is 3.57. The first-order valence-corrected chi connectivity index (χ1v) is 6.73. The van der Waals surface area contributed by atoms with Gasteiger partial charge in [0.15, 0.2) is 11.5 Å². The Morgan fingerprint density at radius 1 is 1.23 bits per heavy atom. The minimum Gasteiger partial charge on any atom is -0.465 e. The van der Waals surface area contributed by atoms with Gasteiger partial charge in [-0.1, -0.05) is 18.2 Å². The Morgan fingerprint density at radius 2 is 2.09 bits per heavy atom. The molecule has 0 fully saturated rings. The van der Waals surface area contributed by atoms with Crippen LogP contribution in [-0.2, 0) is 4.74 Å². The highest BCUT2D eigenvalue weighted by Crippen LogP contribution is 2.39. The second-order valence-electron chi connectivity index (χ2n) is 4.82. The molecule has 0 aliphatic carbocycles. The van der Waals surface area contributed by atoms with E-state index in [1.54, 1.807) is 16.8 Å². The lowest BCUT2D eigenvalue weighted by molar-refractivity contribution is 0.0596. The van der Waals surface area contributed by atoms with Crippen LogP contribution in [0.15, 0.2) is 42.6 Å². The van der Waals surface area contributed by atoms with Crippen molar-refractivity contribution in [2.45, 2.75) is 0 Å². The predicted octanol–water partition coefficient (Wildman–Crippen LogP) is 2.54. The van der Waals surface area contributed by atoms with Crippen molar-refractivity contribution in [2.75, 3.05) is 13.9 Å². The van der Waals surface area contributed by atoms with E-state index in [1.165, 1.54) is 7.11 Å². The van der Waals surface area contributed by atoms with Gasteiger partial charge < -0.3 is 14.2 Å². The Kier molecular flexibility index (Phi) is 2.75. The third-order valence-corrected chi connectivity index (χ3v) is 3.57. The first kappa shape index (κ1) is 12.7. The molecular weight excluding hydrogens is 284 g/mol. The molecule has 0 unspecified atom stereocenters. The molecule has 1 aliphatic rings. The van der Waals surface area contributed by atoms with Crippen molar-refractivity contribution in [3.8, 4) is 17.2 Å². The molecule has 4 rings (SSSR count). The highest BCUT2D eigenvalue weighted by Gasteiger charge is 2.27. The van der Waals surface area contributed by atoms with Gasteiger partial charge in [0.2, 0.25) is 6.79 Å². The molecule has 110 valence electrons. The largest absolute Gasteiger partial charge is 0.465 e. The lowest BCUT2D eigenvalue weighted by Gasteiger charge is -2.10. The zero-order valence-corrected chi connectivity index (χ0v) is 11.8. The summed E-state index contributed by atoms with van der Waals surface area (Å²) in [6.45, 7) is 0.0872. The second-order valence-corrected chi connectivity index (χ2v) is 4.82. The van der Waals surface area contributed by atoms with E-state index in [-0.39, 0.29) is 6.79 Å². The quantitative estimate of drug-likeness (QED) is 0.680. The van der Waals surface area contributed by atoms with Crippen molar-refractivity contribution >= 4 is 16.9 Å². The molecule has 22 heavy (non-hydrogen) atoms. The fourth-order valence-electron chi connectivity index (χ4n) is 2.54. The van der Waals surface area contributed by atoms with Crippen LogP contribution in [0.3, 0.4) is 0 Å². The molecule has 1 aliphatic heterocycles. The summed E-state index contributed by atoms with van der Waals surface area (Å²) in [7, 11) is 1.33. The summed E-state index contributed by atoms with van der Waals surface area (Å²) in [5.41, 5.74) is 1.74. The third kappa shape index (κ3) is 1.81. The summed E-state index contributed by atoms with van der Waals surface area (Å²) in [6.07, 6.45) is 1.86. The van der Waals surface area contributed by atoms with Gasteiger partial charge in [0, 0.05) is 11.6 Å². The van der Waals surface area contributed by atoms with Crippen LogP contribution in [0, 0.1) is 0 Å². The van der Waals surface area contributed by atoms with Crippen LogP contribution in [0.2, 0.25) is 0 Å². The van der Waals surface area contributed by atoms with Crippen LogP contribution in [0.5, 0.6) is 11.5 Å². The summed E-state index contributed by atoms with van der Waals surface area (Å²) >= 11 is 0. The number of esters is 1. The van der Waals surface area contributed by atoms with Gasteiger partial charge in [-0.25, -0.2) is 9.48 Å². The molecule has 6 nitrogen and oxygen atoms in total. The molecule has 0 radical (unpaired) electrons. The SMILES string of the molecule is COC(=O)c1c(-n2cc3ccccc3n2)ccc2c1OCO2. The van der Waals surface area contributed by atoms with Gasteiger partial charge in [0.1, 0.15) is 5.56 Å². The Balaban J connectivity index is 1.96. The van der Waals surface area contributed by atoms with Gasteiger partial charge in [-0.3, -0.25) is 0 Å². The number of aromatic nitrogens is 2. The van der Waals surface area contributed by atoms with Gasteiger partial charge in [-0.2, -0.15) is 5.10 Å². The molecule has 2 heterocycles. The Bertz CT molecular complexity index is 852. The van der Waals surface area contributed by atoms with Crippen LogP contribution in [0.4, 0.5) is 0 Å². The van der Waals surface area contributed by atoms with Crippen molar-refractivity contribution in [2.24, 2.45) is 0 Å². The monoisotopic (exact) mass is 296 g/mol. The fourth-order valence-corrected chi connectivity index (χ4v) is 2.54. The van der Waals surface area contributed by atoms with Gasteiger partial charge in [-0.05, 0) is 18.2 Å². The molecule has 2 aromatic carbocycles. The molecule has 0 atom stereocenters. The molecule has 0 amide bonds. The maximum atomic E-state index is 12.2. The molecule has 0 saturated carbocycles. The lowest BCUT2D eigenvalue weighted by atomic mass is 10.1. The minimum absolute atomic E-state index is 0.0872. The average molecular weight is 296 g/mol. The number of rotatable bonds is 2. The minimum atomic E-state index is -0.489. The Hall–Kier alpha value is -3.02. The number of hydrogen-bond donors (Lipinski definition) is 0. The standard InChI is InChI=1S/C16H12N2O4/c1-20-16(19)14-12(6-7-13-15(14)22-9-21-13)18-8-10-4-2-3-5-11(10)17-18/h2-8H,9H2,1H3. The van der Waals surface area contributed by atoms with Crippen molar-refractivity contribution in [1.29, 1.82) is 0 Å². The summed E-state index contributed by atoms with van der Waals surface area (Å²) in [6, 6.07) is 11.3. The van der Waals surface area contributed by atoms with E-state index in [2.05, 4.69) is 5.10 Å². The topological polar surface area (TPSA) is 62.6 Å². The Labute approximate surface area is 125 Å². The van der Waals surface area contributed by atoms with E-state index >= 15 is 0 Å². The highest BCUT2D eigenvalue weighted by atomic mass is 16.7. The smallest absolute Gasteiger partial charge is 0.344 e. The van der Waals surface area contributed by atoms with E-state index in [0.717, 1.165) is 10.9 Å². The second kappa shape index (κ2) is 4.77.